The number of amides is 1. The molecule has 76 valence electrons. The first-order valence-electron chi connectivity index (χ1n) is 3.94. The van der Waals surface area contributed by atoms with Crippen LogP contribution in [0.2, 0.25) is 0 Å². The third-order valence-electron chi connectivity index (χ3n) is 1.55. The SMILES string of the molecule is O=C(NCCCl)c1cc(Br)ccc1F. The van der Waals surface area contributed by atoms with Crippen LogP contribution >= 0.6 is 27.5 Å². The van der Waals surface area contributed by atoms with Gasteiger partial charge in [0.25, 0.3) is 5.91 Å². The standard InChI is InChI=1S/C9H8BrClFNO/c10-6-1-2-8(12)7(5-6)9(14)13-4-3-11/h1-2,5H,3-4H2,(H,13,14). The molecular formula is C9H8BrClFNO. The predicted molar refractivity (Wildman–Crippen MR) is 57.2 cm³/mol. The summed E-state index contributed by atoms with van der Waals surface area (Å²) in [6.45, 7) is 0.326. The highest BCUT2D eigenvalue weighted by Gasteiger charge is 2.10. The average Bonchev–Trinajstić information content (AvgIpc) is 2.18. The Bertz CT molecular complexity index is 346. The number of alkyl halides is 1. The molecule has 5 heteroatoms. The summed E-state index contributed by atoms with van der Waals surface area (Å²) >= 11 is 8.55. The van der Waals surface area contributed by atoms with Crippen LogP contribution in [-0.2, 0) is 0 Å². The fourth-order valence-corrected chi connectivity index (χ4v) is 1.38. The van der Waals surface area contributed by atoms with E-state index in [4.69, 9.17) is 11.6 Å². The van der Waals surface area contributed by atoms with Crippen molar-refractivity contribution in [3.8, 4) is 0 Å². The molecule has 1 amide bonds. The molecule has 1 N–H and O–H groups in total. The zero-order chi connectivity index (χ0) is 10.6. The molecule has 2 nitrogen and oxygen atoms in total. The highest BCUT2D eigenvalue weighted by atomic mass is 79.9. The minimum absolute atomic E-state index is 0.0180. The Morgan fingerprint density at radius 2 is 2.29 bits per heavy atom. The van der Waals surface area contributed by atoms with Gasteiger partial charge in [0.05, 0.1) is 5.56 Å². The topological polar surface area (TPSA) is 29.1 Å². The fourth-order valence-electron chi connectivity index (χ4n) is 0.928. The molecule has 0 saturated heterocycles. The molecule has 0 bridgehead atoms. The number of halogens is 3. The monoisotopic (exact) mass is 279 g/mol. The van der Waals surface area contributed by atoms with Crippen molar-refractivity contribution in [1.82, 2.24) is 5.32 Å². The van der Waals surface area contributed by atoms with Crippen LogP contribution in [0.5, 0.6) is 0 Å². The number of rotatable bonds is 3. The second-order valence-electron chi connectivity index (χ2n) is 2.57. The van der Waals surface area contributed by atoms with Crippen molar-refractivity contribution in [3.63, 3.8) is 0 Å². The molecule has 0 saturated carbocycles. The third kappa shape index (κ3) is 2.96. The van der Waals surface area contributed by atoms with Crippen LogP contribution < -0.4 is 5.32 Å². The second kappa shape index (κ2) is 5.32. The molecule has 0 aliphatic heterocycles. The van der Waals surface area contributed by atoms with Crippen LogP contribution in [0.25, 0.3) is 0 Å². The van der Waals surface area contributed by atoms with E-state index in [0.29, 0.717) is 16.9 Å². The predicted octanol–water partition coefficient (Wildman–Crippen LogP) is 2.56. The fraction of sp³-hybridized carbons (Fsp3) is 0.222. The van der Waals surface area contributed by atoms with Gasteiger partial charge >= 0.3 is 0 Å². The summed E-state index contributed by atoms with van der Waals surface area (Å²) < 4.78 is 13.8. The van der Waals surface area contributed by atoms with Crippen LogP contribution in [0.15, 0.2) is 22.7 Å². The average molecular weight is 281 g/mol. The summed E-state index contributed by atoms with van der Waals surface area (Å²) in [5, 5.41) is 2.48. The first-order valence-corrected chi connectivity index (χ1v) is 5.27. The van der Waals surface area contributed by atoms with Gasteiger partial charge in [-0.05, 0) is 18.2 Å². The Kier molecular flexibility index (Phi) is 4.35. The first-order chi connectivity index (χ1) is 6.65. The zero-order valence-electron chi connectivity index (χ0n) is 7.19. The van der Waals surface area contributed by atoms with Crippen molar-refractivity contribution in [2.24, 2.45) is 0 Å². The van der Waals surface area contributed by atoms with Crippen LogP contribution in [0.3, 0.4) is 0 Å². The van der Waals surface area contributed by atoms with E-state index in [-0.39, 0.29) is 5.56 Å². The minimum atomic E-state index is -0.541. The van der Waals surface area contributed by atoms with Gasteiger partial charge in [-0.2, -0.15) is 0 Å². The number of hydrogen-bond donors (Lipinski definition) is 1. The molecule has 1 aromatic carbocycles. The quantitative estimate of drug-likeness (QED) is 0.847. The van der Waals surface area contributed by atoms with E-state index in [0.717, 1.165) is 0 Å². The normalized spacial score (nSPS) is 9.93. The van der Waals surface area contributed by atoms with Gasteiger partial charge in [0.15, 0.2) is 0 Å². The highest BCUT2D eigenvalue weighted by molar-refractivity contribution is 9.10. The number of benzene rings is 1. The van der Waals surface area contributed by atoms with Gasteiger partial charge in [0.1, 0.15) is 5.82 Å². The van der Waals surface area contributed by atoms with Crippen molar-refractivity contribution in [1.29, 1.82) is 0 Å². The number of carbonyl (C=O) groups is 1. The Labute approximate surface area is 94.6 Å². The summed E-state index contributed by atoms with van der Waals surface area (Å²) in [6.07, 6.45) is 0. The molecule has 1 aromatic rings. The lowest BCUT2D eigenvalue weighted by atomic mass is 10.2. The molecule has 0 spiro atoms. The molecule has 0 atom stereocenters. The lowest BCUT2D eigenvalue weighted by molar-refractivity contribution is 0.0952. The van der Waals surface area contributed by atoms with E-state index in [2.05, 4.69) is 21.2 Å². The van der Waals surface area contributed by atoms with Gasteiger partial charge in [0, 0.05) is 16.9 Å². The van der Waals surface area contributed by atoms with Crippen LogP contribution in [-0.4, -0.2) is 18.3 Å². The molecular weight excluding hydrogens is 272 g/mol. The number of nitrogens with one attached hydrogen (secondary N) is 1. The maximum Gasteiger partial charge on any atom is 0.254 e. The van der Waals surface area contributed by atoms with E-state index in [1.54, 1.807) is 0 Å². The van der Waals surface area contributed by atoms with Crippen molar-refractivity contribution >= 4 is 33.4 Å². The lowest BCUT2D eigenvalue weighted by Gasteiger charge is -2.04. The highest BCUT2D eigenvalue weighted by Crippen LogP contribution is 2.15. The maximum atomic E-state index is 13.1. The molecule has 0 aliphatic carbocycles. The molecule has 0 aliphatic rings. The maximum absolute atomic E-state index is 13.1. The lowest BCUT2D eigenvalue weighted by Crippen LogP contribution is -2.26. The van der Waals surface area contributed by atoms with Crippen molar-refractivity contribution in [2.75, 3.05) is 12.4 Å². The second-order valence-corrected chi connectivity index (χ2v) is 3.86. The van der Waals surface area contributed by atoms with Crippen molar-refractivity contribution in [2.45, 2.75) is 0 Å². The van der Waals surface area contributed by atoms with E-state index in [1.807, 2.05) is 0 Å². The molecule has 0 radical (unpaired) electrons. The number of carbonyl (C=O) groups excluding carboxylic acids is 1. The van der Waals surface area contributed by atoms with Gasteiger partial charge in [-0.3, -0.25) is 4.79 Å². The molecule has 0 fully saturated rings. The first kappa shape index (κ1) is 11.5. The number of hydrogen-bond acceptors (Lipinski definition) is 1. The largest absolute Gasteiger partial charge is 0.351 e. The third-order valence-corrected chi connectivity index (χ3v) is 2.24. The Morgan fingerprint density at radius 3 is 2.93 bits per heavy atom. The van der Waals surface area contributed by atoms with Crippen LogP contribution in [0.1, 0.15) is 10.4 Å². The molecule has 0 heterocycles. The minimum Gasteiger partial charge on any atom is -0.351 e. The van der Waals surface area contributed by atoms with Crippen LogP contribution in [0.4, 0.5) is 4.39 Å². The molecule has 0 unspecified atom stereocenters. The van der Waals surface area contributed by atoms with Gasteiger partial charge < -0.3 is 5.32 Å². The van der Waals surface area contributed by atoms with Gasteiger partial charge in [0.2, 0.25) is 0 Å². The van der Waals surface area contributed by atoms with E-state index >= 15 is 0 Å². The Balaban J connectivity index is 2.83. The van der Waals surface area contributed by atoms with E-state index in [9.17, 15) is 9.18 Å². The summed E-state index contributed by atoms with van der Waals surface area (Å²) in [4.78, 5) is 11.3. The van der Waals surface area contributed by atoms with Gasteiger partial charge in [-0.1, -0.05) is 15.9 Å². The summed E-state index contributed by atoms with van der Waals surface area (Å²) in [6, 6.07) is 4.20. The van der Waals surface area contributed by atoms with E-state index < -0.39 is 11.7 Å². The zero-order valence-corrected chi connectivity index (χ0v) is 9.53. The Morgan fingerprint density at radius 1 is 1.57 bits per heavy atom. The van der Waals surface area contributed by atoms with Gasteiger partial charge in [-0.25, -0.2) is 4.39 Å². The van der Waals surface area contributed by atoms with E-state index in [1.165, 1.54) is 18.2 Å². The van der Waals surface area contributed by atoms with Crippen molar-refractivity contribution in [3.05, 3.63) is 34.1 Å². The summed E-state index contributed by atoms with van der Waals surface area (Å²) in [5.41, 5.74) is 0.0180. The summed E-state index contributed by atoms with van der Waals surface area (Å²) in [5.74, 6) is -0.689. The Hall–Kier alpha value is -0.610. The van der Waals surface area contributed by atoms with Gasteiger partial charge in [-0.15, -0.1) is 11.6 Å². The van der Waals surface area contributed by atoms with Crippen molar-refractivity contribution < 1.29 is 9.18 Å². The molecule has 1 rings (SSSR count). The van der Waals surface area contributed by atoms with Crippen LogP contribution in [0, 0.1) is 5.82 Å². The summed E-state index contributed by atoms with van der Waals surface area (Å²) in [7, 11) is 0. The smallest absolute Gasteiger partial charge is 0.254 e. The molecule has 0 aromatic heterocycles. The molecule has 14 heavy (non-hydrogen) atoms.